The van der Waals surface area contributed by atoms with Gasteiger partial charge in [0.05, 0.1) is 16.1 Å². The fourth-order valence-electron chi connectivity index (χ4n) is 1.62. The summed E-state index contributed by atoms with van der Waals surface area (Å²) in [5.74, 6) is -0.691. The van der Waals surface area contributed by atoms with Crippen LogP contribution >= 0.6 is 15.9 Å². The molecule has 0 spiro atoms. The third kappa shape index (κ3) is 3.43. The van der Waals surface area contributed by atoms with E-state index in [1.807, 2.05) is 6.07 Å². The molecule has 100 valence electrons. The van der Waals surface area contributed by atoms with Crippen LogP contribution in [-0.4, -0.2) is 5.91 Å². The second-order valence-electron chi connectivity index (χ2n) is 4.12. The van der Waals surface area contributed by atoms with Crippen molar-refractivity contribution < 1.29 is 9.18 Å². The molecule has 20 heavy (non-hydrogen) atoms. The molecule has 0 radical (unpaired) electrons. The largest absolute Gasteiger partial charge is 0.348 e. The maximum Gasteiger partial charge on any atom is 0.251 e. The topological polar surface area (TPSA) is 52.9 Å². The molecule has 0 saturated heterocycles. The number of rotatable bonds is 3. The van der Waals surface area contributed by atoms with Crippen LogP contribution in [0.15, 0.2) is 46.9 Å². The van der Waals surface area contributed by atoms with E-state index in [4.69, 9.17) is 5.26 Å². The van der Waals surface area contributed by atoms with Crippen molar-refractivity contribution in [1.82, 2.24) is 5.32 Å². The lowest BCUT2D eigenvalue weighted by molar-refractivity contribution is 0.0951. The summed E-state index contributed by atoms with van der Waals surface area (Å²) in [6.07, 6.45) is 0. The van der Waals surface area contributed by atoms with Crippen LogP contribution in [0.1, 0.15) is 21.5 Å². The average molecular weight is 333 g/mol. The summed E-state index contributed by atoms with van der Waals surface area (Å²) in [5.41, 5.74) is 1.84. The summed E-state index contributed by atoms with van der Waals surface area (Å²) < 4.78 is 13.3. The summed E-state index contributed by atoms with van der Waals surface area (Å²) in [4.78, 5) is 11.9. The Bertz CT molecular complexity index is 677. The van der Waals surface area contributed by atoms with Gasteiger partial charge in [-0.15, -0.1) is 0 Å². The van der Waals surface area contributed by atoms with Gasteiger partial charge in [-0.2, -0.15) is 5.26 Å². The molecule has 0 aliphatic heterocycles. The molecule has 5 heteroatoms. The van der Waals surface area contributed by atoms with Crippen molar-refractivity contribution in [1.29, 1.82) is 5.26 Å². The van der Waals surface area contributed by atoms with E-state index in [1.54, 1.807) is 24.3 Å². The third-order valence-corrected chi connectivity index (χ3v) is 3.33. The Morgan fingerprint density at radius 3 is 2.55 bits per heavy atom. The molecule has 3 nitrogen and oxygen atoms in total. The molecule has 2 rings (SSSR count). The van der Waals surface area contributed by atoms with Crippen LogP contribution in [0.3, 0.4) is 0 Å². The molecule has 2 aromatic rings. The Labute approximate surface area is 124 Å². The quantitative estimate of drug-likeness (QED) is 0.936. The first-order valence-corrected chi connectivity index (χ1v) is 6.62. The van der Waals surface area contributed by atoms with Crippen LogP contribution < -0.4 is 5.32 Å². The zero-order valence-corrected chi connectivity index (χ0v) is 11.9. The zero-order chi connectivity index (χ0) is 14.5. The normalized spacial score (nSPS) is 9.85. The van der Waals surface area contributed by atoms with Crippen LogP contribution in [0.4, 0.5) is 4.39 Å². The highest BCUT2D eigenvalue weighted by atomic mass is 79.9. The van der Waals surface area contributed by atoms with E-state index in [0.717, 1.165) is 5.56 Å². The van der Waals surface area contributed by atoms with E-state index < -0.39 is 5.82 Å². The first-order valence-electron chi connectivity index (χ1n) is 5.82. The minimum atomic E-state index is -0.409. The first kappa shape index (κ1) is 14.2. The highest BCUT2D eigenvalue weighted by Crippen LogP contribution is 2.16. The Morgan fingerprint density at radius 1 is 1.25 bits per heavy atom. The lowest BCUT2D eigenvalue weighted by Gasteiger charge is -2.06. The molecule has 0 fully saturated rings. The molecule has 1 amide bonds. The van der Waals surface area contributed by atoms with Gasteiger partial charge in [0.15, 0.2) is 0 Å². The maximum atomic E-state index is 13.1. The molecular weight excluding hydrogens is 323 g/mol. The number of nitrogens with one attached hydrogen (secondary N) is 1. The van der Waals surface area contributed by atoms with Crippen LogP contribution in [0, 0.1) is 17.1 Å². The second-order valence-corrected chi connectivity index (χ2v) is 4.97. The molecular formula is C15H10BrFN2O. The van der Waals surface area contributed by atoms with Crippen molar-refractivity contribution in [2.45, 2.75) is 6.54 Å². The fraction of sp³-hybridized carbons (Fsp3) is 0.0667. The number of nitriles is 1. The molecule has 0 unspecified atom stereocenters. The summed E-state index contributed by atoms with van der Waals surface area (Å²) in [6, 6.07) is 13.1. The van der Waals surface area contributed by atoms with Gasteiger partial charge in [0.2, 0.25) is 0 Å². The van der Waals surface area contributed by atoms with Gasteiger partial charge in [-0.25, -0.2) is 4.39 Å². The first-order chi connectivity index (χ1) is 9.60. The Balaban J connectivity index is 2.01. The van der Waals surface area contributed by atoms with Crippen molar-refractivity contribution in [3.63, 3.8) is 0 Å². The second kappa shape index (κ2) is 6.31. The van der Waals surface area contributed by atoms with Crippen LogP contribution in [0.2, 0.25) is 0 Å². The molecule has 0 heterocycles. The van der Waals surface area contributed by atoms with Gasteiger partial charge in [0, 0.05) is 12.1 Å². The van der Waals surface area contributed by atoms with Gasteiger partial charge in [0.1, 0.15) is 5.82 Å². The smallest absolute Gasteiger partial charge is 0.251 e. The van der Waals surface area contributed by atoms with E-state index in [0.29, 0.717) is 17.7 Å². The SMILES string of the molecule is N#Cc1ccc(CNC(=O)c2ccc(F)c(Br)c2)cc1. The zero-order valence-electron chi connectivity index (χ0n) is 10.4. The predicted molar refractivity (Wildman–Crippen MR) is 76.4 cm³/mol. The number of hydrogen-bond acceptors (Lipinski definition) is 2. The van der Waals surface area contributed by atoms with Crippen molar-refractivity contribution in [3.8, 4) is 6.07 Å². The number of hydrogen-bond donors (Lipinski definition) is 1. The summed E-state index contributed by atoms with van der Waals surface area (Å²) in [6.45, 7) is 0.347. The van der Waals surface area contributed by atoms with Gasteiger partial charge < -0.3 is 5.32 Å². The van der Waals surface area contributed by atoms with Crippen molar-refractivity contribution in [2.24, 2.45) is 0 Å². The number of carbonyl (C=O) groups excluding carboxylic acids is 1. The van der Waals surface area contributed by atoms with Crippen molar-refractivity contribution in [2.75, 3.05) is 0 Å². The number of nitrogens with zero attached hydrogens (tertiary/aromatic N) is 1. The highest BCUT2D eigenvalue weighted by Gasteiger charge is 2.08. The number of halogens is 2. The average Bonchev–Trinajstić information content (AvgIpc) is 2.48. The molecule has 0 atom stereocenters. The monoisotopic (exact) mass is 332 g/mol. The highest BCUT2D eigenvalue weighted by molar-refractivity contribution is 9.10. The number of carbonyl (C=O) groups is 1. The van der Waals surface area contributed by atoms with Gasteiger partial charge in [-0.3, -0.25) is 4.79 Å². The Kier molecular flexibility index (Phi) is 4.49. The third-order valence-electron chi connectivity index (χ3n) is 2.72. The number of amides is 1. The van der Waals surface area contributed by atoms with E-state index in [2.05, 4.69) is 21.2 Å². The Morgan fingerprint density at radius 2 is 1.95 bits per heavy atom. The fourth-order valence-corrected chi connectivity index (χ4v) is 2.00. The van der Waals surface area contributed by atoms with Gasteiger partial charge >= 0.3 is 0 Å². The molecule has 0 saturated carbocycles. The van der Waals surface area contributed by atoms with E-state index in [1.165, 1.54) is 18.2 Å². The molecule has 1 N–H and O–H groups in total. The van der Waals surface area contributed by atoms with Crippen LogP contribution in [0.25, 0.3) is 0 Å². The Hall–Kier alpha value is -2.19. The minimum absolute atomic E-state index is 0.253. The van der Waals surface area contributed by atoms with E-state index in [-0.39, 0.29) is 10.4 Å². The van der Waals surface area contributed by atoms with Crippen molar-refractivity contribution in [3.05, 3.63) is 69.4 Å². The lowest BCUT2D eigenvalue weighted by Crippen LogP contribution is -2.22. The minimum Gasteiger partial charge on any atom is -0.348 e. The van der Waals surface area contributed by atoms with Crippen molar-refractivity contribution >= 4 is 21.8 Å². The molecule has 0 aromatic heterocycles. The summed E-state index contributed by atoms with van der Waals surface area (Å²) >= 11 is 3.04. The number of benzene rings is 2. The van der Waals surface area contributed by atoms with Crippen LogP contribution in [-0.2, 0) is 6.54 Å². The molecule has 0 bridgehead atoms. The molecule has 0 aliphatic carbocycles. The van der Waals surface area contributed by atoms with Crippen LogP contribution in [0.5, 0.6) is 0 Å². The van der Waals surface area contributed by atoms with E-state index in [9.17, 15) is 9.18 Å². The van der Waals surface area contributed by atoms with Gasteiger partial charge in [-0.1, -0.05) is 12.1 Å². The maximum absolute atomic E-state index is 13.1. The predicted octanol–water partition coefficient (Wildman–Crippen LogP) is 3.39. The van der Waals surface area contributed by atoms with Gasteiger partial charge in [0.25, 0.3) is 5.91 Å². The molecule has 2 aromatic carbocycles. The molecule has 0 aliphatic rings. The van der Waals surface area contributed by atoms with Gasteiger partial charge in [-0.05, 0) is 51.8 Å². The summed E-state index contributed by atoms with van der Waals surface area (Å²) in [5, 5.41) is 11.4. The lowest BCUT2D eigenvalue weighted by atomic mass is 10.1. The standard InChI is InChI=1S/C15H10BrFN2O/c16-13-7-12(5-6-14(13)17)15(20)19-9-11-3-1-10(8-18)2-4-11/h1-7H,9H2,(H,19,20). The summed E-state index contributed by atoms with van der Waals surface area (Å²) in [7, 11) is 0. The van der Waals surface area contributed by atoms with E-state index >= 15 is 0 Å².